The first kappa shape index (κ1) is 32.8. The van der Waals surface area contributed by atoms with E-state index >= 15 is 4.39 Å². The van der Waals surface area contributed by atoms with Crippen LogP contribution in [0.4, 0.5) is 4.39 Å². The van der Waals surface area contributed by atoms with E-state index < -0.39 is 45.8 Å². The van der Waals surface area contributed by atoms with E-state index in [9.17, 15) is 35.0 Å². The maximum absolute atomic E-state index is 17.8. The number of alkyl halides is 1. The van der Waals surface area contributed by atoms with Gasteiger partial charge in [-0.2, -0.15) is 5.26 Å². The van der Waals surface area contributed by atoms with Gasteiger partial charge in [0.2, 0.25) is 5.12 Å². The topological polar surface area (TPSA) is 136 Å². The molecule has 3 saturated carbocycles. The number of halogens is 2. The number of aromatic carboxylic acids is 1. The number of rotatable bonds is 6. The molecule has 7 nitrogen and oxygen atoms in total. The molecule has 0 aliphatic heterocycles. The number of ketones is 1. The summed E-state index contributed by atoms with van der Waals surface area (Å²) in [5.74, 6) is -2.72. The molecule has 2 aromatic carbocycles. The number of carbonyl (C=O) groups excluding carboxylic acids is 2. The van der Waals surface area contributed by atoms with Crippen molar-refractivity contribution in [3.63, 3.8) is 0 Å². The molecule has 11 heteroatoms. The molecule has 0 bridgehead atoms. The van der Waals surface area contributed by atoms with Crippen LogP contribution in [0.2, 0.25) is 5.02 Å². The van der Waals surface area contributed by atoms with Crippen molar-refractivity contribution < 1.29 is 34.1 Å². The average Bonchev–Trinajstić information content (AvgIpc) is 3.31. The van der Waals surface area contributed by atoms with Gasteiger partial charge in [0, 0.05) is 21.1 Å². The Labute approximate surface area is 279 Å². The zero-order valence-corrected chi connectivity index (χ0v) is 27.6. The molecule has 4 aliphatic carbocycles. The molecular formula is C35H33ClFNO6S2. The van der Waals surface area contributed by atoms with Crippen LogP contribution >= 0.6 is 35.1 Å². The summed E-state index contributed by atoms with van der Waals surface area (Å²) in [6.07, 6.45) is 4.26. The maximum atomic E-state index is 17.8. The number of thioether (sulfide) groups is 1. The first-order valence-corrected chi connectivity index (χ1v) is 17.3. The molecular weight excluding hydrogens is 649 g/mol. The highest BCUT2D eigenvalue weighted by atomic mass is 35.5. The standard InChI is InChI=1S/C35H33ClFNO6S2/c1-32-11-9-20(39)15-19(32)3-7-25-24-10-12-34(31(44)45-14-13-38,33(24,2)18-29(41)35(25,32)37)26-16-21(4-6-23(26)30(42)43)46-22-5-8-28(40)27(36)17-22/h4-6,8-9,11,15-17,24-25,29,40-41H,3,7,10,12,14,18H2,1-2H3,(H,42,43)/t24?,25?,29-,32-,33-,34-,35?/m0/s1. The predicted molar refractivity (Wildman–Crippen MR) is 174 cm³/mol. The Morgan fingerprint density at radius 1 is 1.13 bits per heavy atom. The quantitative estimate of drug-likeness (QED) is 0.287. The minimum absolute atomic E-state index is 0.0676. The van der Waals surface area contributed by atoms with E-state index in [4.69, 9.17) is 11.6 Å². The molecule has 2 aromatic rings. The third kappa shape index (κ3) is 4.61. The average molecular weight is 682 g/mol. The number of nitrogens with zero attached hydrogens (tertiary/aromatic N) is 1. The van der Waals surface area contributed by atoms with Crippen LogP contribution in [0.5, 0.6) is 5.75 Å². The van der Waals surface area contributed by atoms with Crippen molar-refractivity contribution in [3.05, 3.63) is 76.3 Å². The minimum Gasteiger partial charge on any atom is -0.506 e. The molecule has 4 aliphatic rings. The molecule has 3 unspecified atom stereocenters. The smallest absolute Gasteiger partial charge is 0.335 e. The number of nitriles is 1. The van der Waals surface area contributed by atoms with Crippen molar-refractivity contribution >= 4 is 52.0 Å². The van der Waals surface area contributed by atoms with E-state index in [1.54, 1.807) is 37.3 Å². The lowest BCUT2D eigenvalue weighted by atomic mass is 9.43. The van der Waals surface area contributed by atoms with Crippen molar-refractivity contribution in [2.75, 3.05) is 5.75 Å². The molecule has 0 spiro atoms. The Morgan fingerprint density at radius 2 is 1.85 bits per heavy atom. The van der Waals surface area contributed by atoms with Crippen molar-refractivity contribution in [1.29, 1.82) is 5.26 Å². The highest BCUT2D eigenvalue weighted by molar-refractivity contribution is 8.14. The van der Waals surface area contributed by atoms with Gasteiger partial charge in [-0.3, -0.25) is 9.59 Å². The van der Waals surface area contributed by atoms with Gasteiger partial charge in [-0.15, -0.1) is 0 Å². The van der Waals surface area contributed by atoms with Gasteiger partial charge in [0.15, 0.2) is 11.5 Å². The molecule has 46 heavy (non-hydrogen) atoms. The molecule has 3 fully saturated rings. The van der Waals surface area contributed by atoms with Gasteiger partial charge in [-0.1, -0.05) is 53.7 Å². The number of carboxylic acid groups (broad SMARTS) is 1. The van der Waals surface area contributed by atoms with E-state index in [1.165, 1.54) is 36.0 Å². The number of aliphatic hydroxyl groups excluding tert-OH is 1. The van der Waals surface area contributed by atoms with Crippen LogP contribution in [0.15, 0.2) is 70.0 Å². The second-order valence-electron chi connectivity index (χ2n) is 13.2. The lowest BCUT2D eigenvalue weighted by molar-refractivity contribution is -0.197. The summed E-state index contributed by atoms with van der Waals surface area (Å²) in [6.45, 7) is 3.60. The Bertz CT molecular complexity index is 1770. The maximum Gasteiger partial charge on any atom is 0.335 e. The number of benzene rings is 2. The highest BCUT2D eigenvalue weighted by Crippen LogP contribution is 2.72. The van der Waals surface area contributed by atoms with E-state index in [-0.39, 0.29) is 51.4 Å². The SMILES string of the molecule is C[C@]12C=CC(=O)C=C1CCC1C3CC[C@@](C(=O)SCC#N)(c4cc(Sc5ccc(O)c(Cl)c5)ccc4C(=O)O)[C@@]3(C)C[C@H](O)C12F. The number of hydrogen-bond acceptors (Lipinski definition) is 8. The molecule has 0 aromatic heterocycles. The summed E-state index contributed by atoms with van der Waals surface area (Å²) in [7, 11) is 0. The summed E-state index contributed by atoms with van der Waals surface area (Å²) in [6, 6.07) is 11.5. The Hall–Kier alpha value is -3.10. The summed E-state index contributed by atoms with van der Waals surface area (Å²) < 4.78 is 17.8. The van der Waals surface area contributed by atoms with Crippen molar-refractivity contribution in [2.45, 2.75) is 72.9 Å². The van der Waals surface area contributed by atoms with Crippen LogP contribution in [-0.4, -0.2) is 49.7 Å². The van der Waals surface area contributed by atoms with E-state index in [1.807, 2.05) is 13.0 Å². The monoisotopic (exact) mass is 681 g/mol. The van der Waals surface area contributed by atoms with Gasteiger partial charge < -0.3 is 15.3 Å². The molecule has 0 amide bonds. The predicted octanol–water partition coefficient (Wildman–Crippen LogP) is 7.29. The molecule has 3 N–H and O–H groups in total. The van der Waals surface area contributed by atoms with Crippen LogP contribution in [-0.2, 0) is 15.0 Å². The number of carboxylic acids is 1. The molecule has 6 rings (SSSR count). The molecule has 0 radical (unpaired) electrons. The van der Waals surface area contributed by atoms with Gasteiger partial charge in [-0.05, 0) is 104 Å². The molecule has 240 valence electrons. The third-order valence-electron chi connectivity index (χ3n) is 11.3. The normalized spacial score (nSPS) is 34.6. The van der Waals surface area contributed by atoms with Crippen LogP contribution in [0.1, 0.15) is 61.9 Å². The van der Waals surface area contributed by atoms with Crippen molar-refractivity contribution in [2.24, 2.45) is 22.7 Å². The number of carbonyl (C=O) groups is 3. The fourth-order valence-electron chi connectivity index (χ4n) is 9.16. The highest BCUT2D eigenvalue weighted by Gasteiger charge is 2.74. The van der Waals surface area contributed by atoms with Gasteiger partial charge >= 0.3 is 5.97 Å². The number of phenols is 1. The zero-order chi connectivity index (χ0) is 33.2. The largest absolute Gasteiger partial charge is 0.506 e. The fourth-order valence-corrected chi connectivity index (χ4v) is 11.2. The summed E-state index contributed by atoms with van der Waals surface area (Å²) in [4.78, 5) is 40.8. The molecule has 7 atom stereocenters. The number of aromatic hydroxyl groups is 1. The van der Waals surface area contributed by atoms with Gasteiger partial charge in [-0.25, -0.2) is 9.18 Å². The van der Waals surface area contributed by atoms with Crippen LogP contribution in [0.25, 0.3) is 0 Å². The van der Waals surface area contributed by atoms with Crippen LogP contribution in [0, 0.1) is 34.0 Å². The van der Waals surface area contributed by atoms with Crippen molar-refractivity contribution in [1.82, 2.24) is 0 Å². The first-order valence-electron chi connectivity index (χ1n) is 15.1. The number of fused-ring (bicyclic) bond motifs is 5. The summed E-state index contributed by atoms with van der Waals surface area (Å²) in [5, 5.41) is 41.4. The lowest BCUT2D eigenvalue weighted by Crippen LogP contribution is -2.68. The lowest BCUT2D eigenvalue weighted by Gasteiger charge is -2.63. The summed E-state index contributed by atoms with van der Waals surface area (Å²) in [5.41, 5.74) is -4.96. The van der Waals surface area contributed by atoms with E-state index in [2.05, 4.69) is 0 Å². The second-order valence-corrected chi connectivity index (χ2v) is 15.7. The van der Waals surface area contributed by atoms with Crippen LogP contribution < -0.4 is 0 Å². The van der Waals surface area contributed by atoms with Crippen LogP contribution in [0.3, 0.4) is 0 Å². The Kier molecular flexibility index (Phi) is 8.24. The number of phenolic OH excluding ortho intramolecular Hbond substituents is 1. The van der Waals surface area contributed by atoms with Crippen molar-refractivity contribution in [3.8, 4) is 11.8 Å². The first-order chi connectivity index (χ1) is 21.7. The third-order valence-corrected chi connectivity index (χ3v) is 13.5. The minimum atomic E-state index is -2.11. The summed E-state index contributed by atoms with van der Waals surface area (Å²) >= 11 is 8.24. The van der Waals surface area contributed by atoms with Gasteiger partial charge in [0.05, 0.1) is 33.9 Å². The number of hydrogen-bond donors (Lipinski definition) is 3. The Balaban J connectivity index is 1.51. The van der Waals surface area contributed by atoms with E-state index in [0.717, 1.165) is 11.8 Å². The van der Waals surface area contributed by atoms with Gasteiger partial charge in [0.25, 0.3) is 0 Å². The van der Waals surface area contributed by atoms with E-state index in [0.29, 0.717) is 34.6 Å². The number of aliphatic hydroxyl groups is 1. The fraction of sp³-hybridized carbons (Fsp3) is 0.429. The second kappa shape index (κ2) is 11.6. The molecule has 0 saturated heterocycles. The zero-order valence-electron chi connectivity index (χ0n) is 25.3. The Morgan fingerprint density at radius 3 is 2.54 bits per heavy atom. The molecule has 0 heterocycles. The van der Waals surface area contributed by atoms with Gasteiger partial charge in [0.1, 0.15) is 5.75 Å². The number of allylic oxidation sites excluding steroid dienone is 4.